The Morgan fingerprint density at radius 1 is 1.33 bits per heavy atom. The van der Waals surface area contributed by atoms with E-state index in [2.05, 4.69) is 0 Å². The van der Waals surface area contributed by atoms with Gasteiger partial charge in [0.15, 0.2) is 0 Å². The van der Waals surface area contributed by atoms with Gasteiger partial charge in [-0.1, -0.05) is 24.4 Å². The highest BCUT2D eigenvalue weighted by Gasteiger charge is 2.30. The Morgan fingerprint density at radius 3 is 2.95 bits per heavy atom. The Hall–Kier alpha value is -1.06. The van der Waals surface area contributed by atoms with E-state index in [0.29, 0.717) is 36.3 Å². The van der Waals surface area contributed by atoms with Crippen LogP contribution in [0, 0.1) is 11.8 Å². The van der Waals surface area contributed by atoms with Gasteiger partial charge in [-0.2, -0.15) is 0 Å². The molecule has 1 saturated carbocycles. The van der Waals surface area contributed by atoms with Crippen LogP contribution >= 0.6 is 11.6 Å². The first kappa shape index (κ1) is 14.9. The summed E-state index contributed by atoms with van der Waals surface area (Å²) < 4.78 is 5.69. The summed E-state index contributed by atoms with van der Waals surface area (Å²) in [4.78, 5) is 12.7. The number of halogens is 1. The monoisotopic (exact) mass is 307 g/mol. The van der Waals surface area contributed by atoms with Crippen LogP contribution in [0.1, 0.15) is 36.8 Å². The van der Waals surface area contributed by atoms with Gasteiger partial charge < -0.3 is 10.5 Å². The minimum Gasteiger partial charge on any atom is -0.493 e. The van der Waals surface area contributed by atoms with Gasteiger partial charge in [0.25, 0.3) is 0 Å². The van der Waals surface area contributed by atoms with Gasteiger partial charge in [-0.25, -0.2) is 0 Å². The normalized spacial score (nSPS) is 24.5. The third-order valence-corrected chi connectivity index (χ3v) is 5.03. The SMILES string of the molecule is NCC1CCCCC1C(=O)Cc1cc(Cl)cc2c1OCC2. The molecular formula is C17H22ClNO2. The van der Waals surface area contributed by atoms with E-state index in [4.69, 9.17) is 22.1 Å². The summed E-state index contributed by atoms with van der Waals surface area (Å²) in [6.07, 6.45) is 5.69. The van der Waals surface area contributed by atoms with Crippen molar-refractivity contribution in [2.75, 3.05) is 13.2 Å². The number of hydrogen-bond donors (Lipinski definition) is 1. The van der Waals surface area contributed by atoms with Gasteiger partial charge in [0.05, 0.1) is 6.61 Å². The largest absolute Gasteiger partial charge is 0.493 e. The van der Waals surface area contributed by atoms with Crippen LogP contribution in [-0.2, 0) is 17.6 Å². The predicted octanol–water partition coefficient (Wildman–Crippen LogP) is 3.15. The summed E-state index contributed by atoms with van der Waals surface area (Å²) in [5.74, 6) is 1.64. The maximum absolute atomic E-state index is 12.7. The third kappa shape index (κ3) is 3.09. The zero-order valence-electron chi connectivity index (χ0n) is 12.2. The second-order valence-corrected chi connectivity index (χ2v) is 6.62. The fraction of sp³-hybridized carbons (Fsp3) is 0.588. The Kier molecular flexibility index (Phi) is 4.51. The molecule has 3 nitrogen and oxygen atoms in total. The number of hydrogen-bond acceptors (Lipinski definition) is 3. The number of benzene rings is 1. The van der Waals surface area contributed by atoms with Crippen molar-refractivity contribution in [1.82, 2.24) is 0 Å². The van der Waals surface area contributed by atoms with Crippen LogP contribution in [-0.4, -0.2) is 18.9 Å². The van der Waals surface area contributed by atoms with Crippen LogP contribution in [0.3, 0.4) is 0 Å². The summed E-state index contributed by atoms with van der Waals surface area (Å²) >= 11 is 6.17. The molecule has 1 aliphatic carbocycles. The van der Waals surface area contributed by atoms with Crippen LogP contribution in [0.5, 0.6) is 5.75 Å². The molecule has 0 radical (unpaired) electrons. The number of ketones is 1. The Bertz CT molecular complexity index is 544. The first-order valence-electron chi connectivity index (χ1n) is 7.86. The van der Waals surface area contributed by atoms with Crippen molar-refractivity contribution in [3.05, 3.63) is 28.3 Å². The van der Waals surface area contributed by atoms with Crippen molar-refractivity contribution in [3.8, 4) is 5.75 Å². The molecule has 114 valence electrons. The maximum atomic E-state index is 12.7. The van der Waals surface area contributed by atoms with Crippen molar-refractivity contribution < 1.29 is 9.53 Å². The summed E-state index contributed by atoms with van der Waals surface area (Å²) in [6, 6.07) is 3.82. The molecule has 1 aliphatic heterocycles. The van der Waals surface area contributed by atoms with Crippen molar-refractivity contribution in [2.24, 2.45) is 17.6 Å². The van der Waals surface area contributed by atoms with E-state index in [-0.39, 0.29) is 5.92 Å². The molecule has 1 aromatic carbocycles. The molecule has 2 N–H and O–H groups in total. The molecule has 0 amide bonds. The van der Waals surface area contributed by atoms with Gasteiger partial charge >= 0.3 is 0 Å². The second-order valence-electron chi connectivity index (χ2n) is 6.18. The quantitative estimate of drug-likeness (QED) is 0.929. The van der Waals surface area contributed by atoms with Gasteiger partial charge in [0.1, 0.15) is 11.5 Å². The highest BCUT2D eigenvalue weighted by Crippen LogP contribution is 2.36. The van der Waals surface area contributed by atoms with Gasteiger partial charge in [0, 0.05) is 29.3 Å². The molecule has 2 atom stereocenters. The number of carbonyl (C=O) groups excluding carboxylic acids is 1. The van der Waals surface area contributed by atoms with Crippen LogP contribution in [0.2, 0.25) is 5.02 Å². The lowest BCUT2D eigenvalue weighted by molar-refractivity contribution is -0.124. The second kappa shape index (κ2) is 6.37. The minimum absolute atomic E-state index is 0.111. The minimum atomic E-state index is 0.111. The first-order valence-corrected chi connectivity index (χ1v) is 8.23. The van der Waals surface area contributed by atoms with Crippen LogP contribution in [0.15, 0.2) is 12.1 Å². The van der Waals surface area contributed by atoms with E-state index in [9.17, 15) is 4.79 Å². The number of Topliss-reactive ketones (excluding diaryl/α,β-unsaturated/α-hetero) is 1. The fourth-order valence-corrected chi connectivity index (χ4v) is 3.97. The van der Waals surface area contributed by atoms with E-state index in [1.54, 1.807) is 0 Å². The number of rotatable bonds is 4. The van der Waals surface area contributed by atoms with Crippen molar-refractivity contribution >= 4 is 17.4 Å². The average molecular weight is 308 g/mol. The van der Waals surface area contributed by atoms with Gasteiger partial charge in [-0.15, -0.1) is 0 Å². The number of ether oxygens (including phenoxy) is 1. The summed E-state index contributed by atoms with van der Waals surface area (Å²) in [5, 5.41) is 0.695. The number of carbonyl (C=O) groups is 1. The van der Waals surface area contributed by atoms with Crippen molar-refractivity contribution in [3.63, 3.8) is 0 Å². The average Bonchev–Trinajstić information content (AvgIpc) is 2.95. The highest BCUT2D eigenvalue weighted by atomic mass is 35.5. The molecule has 0 aromatic heterocycles. The van der Waals surface area contributed by atoms with Gasteiger partial charge in [0.2, 0.25) is 0 Å². The molecule has 2 unspecified atom stereocenters. The first-order chi connectivity index (χ1) is 10.2. The zero-order valence-corrected chi connectivity index (χ0v) is 13.0. The lowest BCUT2D eigenvalue weighted by Crippen LogP contribution is -2.33. The topological polar surface area (TPSA) is 52.3 Å². The third-order valence-electron chi connectivity index (χ3n) is 4.82. The Labute approximate surface area is 130 Å². The Balaban J connectivity index is 1.78. The molecule has 0 spiro atoms. The number of fused-ring (bicyclic) bond motifs is 1. The van der Waals surface area contributed by atoms with Crippen LogP contribution < -0.4 is 10.5 Å². The molecule has 21 heavy (non-hydrogen) atoms. The van der Waals surface area contributed by atoms with E-state index in [1.165, 1.54) is 6.42 Å². The number of nitrogens with two attached hydrogens (primary N) is 1. The smallest absolute Gasteiger partial charge is 0.140 e. The highest BCUT2D eigenvalue weighted by molar-refractivity contribution is 6.30. The van der Waals surface area contributed by atoms with Crippen LogP contribution in [0.4, 0.5) is 0 Å². The van der Waals surface area contributed by atoms with Gasteiger partial charge in [-0.3, -0.25) is 4.79 Å². The predicted molar refractivity (Wildman–Crippen MR) is 83.9 cm³/mol. The molecule has 4 heteroatoms. The molecule has 0 saturated heterocycles. The molecule has 3 rings (SSSR count). The molecule has 0 bridgehead atoms. The molecule has 2 aliphatic rings. The molecule has 1 heterocycles. The van der Waals surface area contributed by atoms with E-state index >= 15 is 0 Å². The lowest BCUT2D eigenvalue weighted by atomic mass is 9.75. The summed E-state index contributed by atoms with van der Waals surface area (Å²) in [7, 11) is 0. The van der Waals surface area contributed by atoms with E-state index in [1.807, 2.05) is 12.1 Å². The van der Waals surface area contributed by atoms with Crippen LogP contribution in [0.25, 0.3) is 0 Å². The lowest BCUT2D eigenvalue weighted by Gasteiger charge is -2.29. The Morgan fingerprint density at radius 2 is 2.14 bits per heavy atom. The van der Waals surface area contributed by atoms with E-state index < -0.39 is 0 Å². The van der Waals surface area contributed by atoms with Gasteiger partial charge in [-0.05, 0) is 43.0 Å². The molecule has 1 fully saturated rings. The summed E-state index contributed by atoms with van der Waals surface area (Å²) in [6.45, 7) is 1.30. The zero-order chi connectivity index (χ0) is 14.8. The molecular weight excluding hydrogens is 286 g/mol. The molecule has 1 aromatic rings. The van der Waals surface area contributed by atoms with Crippen molar-refractivity contribution in [1.29, 1.82) is 0 Å². The van der Waals surface area contributed by atoms with Crippen molar-refractivity contribution in [2.45, 2.75) is 38.5 Å². The maximum Gasteiger partial charge on any atom is 0.140 e. The van der Waals surface area contributed by atoms with E-state index in [0.717, 1.165) is 42.6 Å². The fourth-order valence-electron chi connectivity index (χ4n) is 3.71. The standard InChI is InChI=1S/C17H22ClNO2/c18-14-7-11-5-6-21-17(11)13(8-14)9-16(20)15-4-2-1-3-12(15)10-19/h7-8,12,15H,1-6,9-10,19H2. The summed E-state index contributed by atoms with van der Waals surface area (Å²) in [5.41, 5.74) is 7.92.